The standard InChI is InChI=1S/C31H27Br2ClN2O7S/c1-3-4-11-42-30(39)22-15-21(9-10-24(22)34)35-27(37)16-36-29(38)26(44-31(36)40)14-19-12-23(33)28(25(13-19)41-2)43-17-18-5-7-20(32)8-6-18/h5-10,12-15H,3-4,11,16-17H2,1-2H3,(H,35,37)/b26-14+. The average Bonchev–Trinajstić information content (AvgIpc) is 3.25. The van der Waals surface area contributed by atoms with Crippen LogP contribution in [0, 0.1) is 0 Å². The van der Waals surface area contributed by atoms with Crippen LogP contribution in [0.25, 0.3) is 6.08 Å². The molecule has 0 saturated carbocycles. The summed E-state index contributed by atoms with van der Waals surface area (Å²) in [6.45, 7) is 2.02. The van der Waals surface area contributed by atoms with E-state index in [1.807, 2.05) is 31.2 Å². The first-order valence-electron chi connectivity index (χ1n) is 13.4. The number of benzene rings is 3. The minimum atomic E-state index is -0.627. The summed E-state index contributed by atoms with van der Waals surface area (Å²) in [5.74, 6) is -0.937. The minimum absolute atomic E-state index is 0.0981. The van der Waals surface area contributed by atoms with Gasteiger partial charge in [0, 0.05) is 10.2 Å². The number of methoxy groups -OCH3 is 1. The number of unbranched alkanes of at least 4 members (excludes halogenated alkanes) is 1. The number of esters is 1. The number of carbonyl (C=O) groups excluding carboxylic acids is 4. The van der Waals surface area contributed by atoms with Gasteiger partial charge in [0.1, 0.15) is 13.2 Å². The number of carbonyl (C=O) groups is 4. The van der Waals surface area contributed by atoms with E-state index in [0.717, 1.165) is 33.1 Å². The van der Waals surface area contributed by atoms with Crippen molar-refractivity contribution in [2.75, 3.05) is 25.6 Å². The number of thioether (sulfide) groups is 1. The number of hydrogen-bond donors (Lipinski definition) is 1. The van der Waals surface area contributed by atoms with Crippen LogP contribution in [0.5, 0.6) is 11.5 Å². The van der Waals surface area contributed by atoms with Gasteiger partial charge in [-0.05, 0) is 93.8 Å². The van der Waals surface area contributed by atoms with Gasteiger partial charge in [-0.2, -0.15) is 0 Å². The molecule has 1 saturated heterocycles. The van der Waals surface area contributed by atoms with Crippen LogP contribution in [0.2, 0.25) is 5.02 Å². The molecule has 0 atom stereocenters. The molecule has 4 rings (SSSR count). The molecular weight excluding hydrogens is 740 g/mol. The van der Waals surface area contributed by atoms with E-state index < -0.39 is 29.6 Å². The Morgan fingerprint density at radius 1 is 1.07 bits per heavy atom. The lowest BCUT2D eigenvalue weighted by Gasteiger charge is -2.14. The van der Waals surface area contributed by atoms with Crippen LogP contribution < -0.4 is 14.8 Å². The fraction of sp³-hybridized carbons (Fsp3) is 0.226. The van der Waals surface area contributed by atoms with Crippen LogP contribution in [0.15, 0.2) is 68.4 Å². The van der Waals surface area contributed by atoms with Gasteiger partial charge >= 0.3 is 5.97 Å². The lowest BCUT2D eigenvalue weighted by molar-refractivity contribution is -0.127. The lowest BCUT2D eigenvalue weighted by Crippen LogP contribution is -2.36. The third-order valence-corrected chi connectivity index (χ3v) is 8.58. The van der Waals surface area contributed by atoms with Crippen molar-refractivity contribution in [3.8, 4) is 11.5 Å². The van der Waals surface area contributed by atoms with Crippen LogP contribution in [0.4, 0.5) is 10.5 Å². The van der Waals surface area contributed by atoms with Crippen molar-refractivity contribution in [1.82, 2.24) is 4.90 Å². The highest BCUT2D eigenvalue weighted by Crippen LogP contribution is 2.39. The fourth-order valence-electron chi connectivity index (χ4n) is 3.98. The molecule has 1 aliphatic heterocycles. The zero-order chi connectivity index (χ0) is 31.8. The molecule has 1 N–H and O–H groups in total. The molecule has 13 heteroatoms. The average molecular weight is 767 g/mol. The molecule has 0 spiro atoms. The Hall–Kier alpha value is -3.32. The number of ether oxygens (including phenoxy) is 3. The molecule has 44 heavy (non-hydrogen) atoms. The summed E-state index contributed by atoms with van der Waals surface area (Å²) in [6, 6.07) is 15.5. The third kappa shape index (κ3) is 8.65. The second-order valence-electron chi connectivity index (χ2n) is 9.45. The highest BCUT2D eigenvalue weighted by molar-refractivity contribution is 9.10. The first-order chi connectivity index (χ1) is 21.1. The molecule has 1 heterocycles. The highest BCUT2D eigenvalue weighted by Gasteiger charge is 2.36. The molecule has 0 aromatic heterocycles. The molecule has 3 aromatic carbocycles. The van der Waals surface area contributed by atoms with Crippen molar-refractivity contribution in [1.29, 1.82) is 0 Å². The summed E-state index contributed by atoms with van der Waals surface area (Å²) < 4.78 is 18.3. The Balaban J connectivity index is 1.42. The Kier molecular flexibility index (Phi) is 11.9. The maximum atomic E-state index is 13.1. The number of amides is 3. The quantitative estimate of drug-likeness (QED) is 0.112. The van der Waals surface area contributed by atoms with Crippen molar-refractivity contribution in [2.45, 2.75) is 26.4 Å². The van der Waals surface area contributed by atoms with E-state index >= 15 is 0 Å². The van der Waals surface area contributed by atoms with Crippen LogP contribution in [-0.4, -0.2) is 48.2 Å². The maximum Gasteiger partial charge on any atom is 0.339 e. The molecule has 0 aliphatic carbocycles. The lowest BCUT2D eigenvalue weighted by atomic mass is 10.1. The number of anilines is 1. The summed E-state index contributed by atoms with van der Waals surface area (Å²) in [7, 11) is 1.50. The second-order valence-corrected chi connectivity index (χ2v) is 12.6. The molecular formula is C31H27Br2ClN2O7S. The monoisotopic (exact) mass is 764 g/mol. The third-order valence-electron chi connectivity index (χ3n) is 6.22. The van der Waals surface area contributed by atoms with Gasteiger partial charge in [-0.3, -0.25) is 19.3 Å². The summed E-state index contributed by atoms with van der Waals surface area (Å²) in [5.41, 5.74) is 1.91. The van der Waals surface area contributed by atoms with Crippen molar-refractivity contribution >= 4 is 90.0 Å². The largest absolute Gasteiger partial charge is 0.493 e. The zero-order valence-corrected chi connectivity index (χ0v) is 28.4. The van der Waals surface area contributed by atoms with Crippen molar-refractivity contribution in [3.63, 3.8) is 0 Å². The first-order valence-corrected chi connectivity index (χ1v) is 16.1. The van der Waals surface area contributed by atoms with Crippen LogP contribution in [-0.2, 0) is 20.9 Å². The number of halogens is 3. The van der Waals surface area contributed by atoms with E-state index in [2.05, 4.69) is 37.2 Å². The number of imide groups is 1. The smallest absolute Gasteiger partial charge is 0.339 e. The Morgan fingerprint density at radius 2 is 1.82 bits per heavy atom. The van der Waals surface area contributed by atoms with Gasteiger partial charge in [-0.15, -0.1) is 0 Å². The zero-order valence-electron chi connectivity index (χ0n) is 23.7. The van der Waals surface area contributed by atoms with E-state index in [1.54, 1.807) is 18.2 Å². The van der Waals surface area contributed by atoms with Gasteiger partial charge in [0.25, 0.3) is 11.1 Å². The summed E-state index contributed by atoms with van der Waals surface area (Å²) >= 11 is 13.8. The molecule has 3 aromatic rings. The molecule has 0 radical (unpaired) electrons. The molecule has 1 aliphatic rings. The Morgan fingerprint density at radius 3 is 2.52 bits per heavy atom. The maximum absolute atomic E-state index is 13.1. The number of nitrogens with one attached hydrogen (secondary N) is 1. The Labute approximate surface area is 280 Å². The van der Waals surface area contributed by atoms with Gasteiger partial charge in [-0.1, -0.05) is 53.0 Å². The predicted molar refractivity (Wildman–Crippen MR) is 177 cm³/mol. The molecule has 1 fully saturated rings. The molecule has 0 bridgehead atoms. The van der Waals surface area contributed by atoms with Gasteiger partial charge in [0.15, 0.2) is 11.5 Å². The van der Waals surface area contributed by atoms with E-state index in [9.17, 15) is 19.2 Å². The van der Waals surface area contributed by atoms with Gasteiger partial charge in [0.05, 0.1) is 33.7 Å². The predicted octanol–water partition coefficient (Wildman–Crippen LogP) is 8.08. The molecule has 3 amide bonds. The molecule has 9 nitrogen and oxygen atoms in total. The number of nitrogens with zero attached hydrogens (tertiary/aromatic N) is 1. The van der Waals surface area contributed by atoms with Crippen LogP contribution >= 0.6 is 55.2 Å². The van der Waals surface area contributed by atoms with E-state index in [4.69, 9.17) is 25.8 Å². The summed E-state index contributed by atoms with van der Waals surface area (Å²) in [6.07, 6.45) is 3.12. The topological polar surface area (TPSA) is 111 Å². The van der Waals surface area contributed by atoms with E-state index in [0.29, 0.717) is 34.6 Å². The SMILES string of the molecule is CCCCOC(=O)c1cc(NC(=O)CN2C(=O)S/C(=C/c3cc(Br)c(OCc4ccc(Br)cc4)c(OC)c3)C2=O)ccc1Cl. The minimum Gasteiger partial charge on any atom is -0.493 e. The summed E-state index contributed by atoms with van der Waals surface area (Å²) in [5, 5.41) is 2.18. The summed E-state index contributed by atoms with van der Waals surface area (Å²) in [4.78, 5) is 51.9. The number of rotatable bonds is 12. The van der Waals surface area contributed by atoms with Gasteiger partial charge in [-0.25, -0.2) is 4.79 Å². The van der Waals surface area contributed by atoms with Crippen molar-refractivity contribution < 1.29 is 33.4 Å². The Bertz CT molecular complexity index is 1620. The normalized spacial score (nSPS) is 13.8. The van der Waals surface area contributed by atoms with Gasteiger partial charge < -0.3 is 19.5 Å². The fourth-order valence-corrected chi connectivity index (χ4v) is 5.85. The number of hydrogen-bond acceptors (Lipinski definition) is 8. The van der Waals surface area contributed by atoms with Gasteiger partial charge in [0.2, 0.25) is 5.91 Å². The van der Waals surface area contributed by atoms with Crippen molar-refractivity contribution in [2.24, 2.45) is 0 Å². The molecule has 230 valence electrons. The van der Waals surface area contributed by atoms with Crippen LogP contribution in [0.3, 0.4) is 0 Å². The van der Waals surface area contributed by atoms with Crippen LogP contribution in [0.1, 0.15) is 41.3 Å². The first kappa shape index (κ1) is 33.6. The van der Waals surface area contributed by atoms with E-state index in [1.165, 1.54) is 25.3 Å². The second kappa shape index (κ2) is 15.6. The van der Waals surface area contributed by atoms with Crippen molar-refractivity contribution in [3.05, 3.63) is 90.2 Å². The molecule has 0 unspecified atom stereocenters. The van der Waals surface area contributed by atoms with E-state index in [-0.39, 0.29) is 27.8 Å². The highest BCUT2D eigenvalue weighted by atomic mass is 79.9.